The zero-order valence-electron chi connectivity index (χ0n) is 19.1. The monoisotopic (exact) mass is 542 g/mol. The summed E-state index contributed by atoms with van der Waals surface area (Å²) in [5.74, 6) is 0.535. The number of nitrogens with one attached hydrogen (secondary N) is 2. The number of aliphatic hydroxyl groups excluding tert-OH is 1. The Morgan fingerprint density at radius 3 is 2.03 bits per heavy atom. The number of benzene rings is 3. The fourth-order valence-corrected chi connectivity index (χ4v) is 6.42. The number of phenols is 2. The molecule has 1 heterocycles. The van der Waals surface area contributed by atoms with Gasteiger partial charge >= 0.3 is 0 Å². The number of rotatable bonds is 6. The average Bonchev–Trinajstić information content (AvgIpc) is 2.86. The Balaban J connectivity index is 1.42. The van der Waals surface area contributed by atoms with Gasteiger partial charge in [0.1, 0.15) is 34.4 Å². The standard InChI is InChI=1S/C25H22N2O8S2/c28-17-5-1-15(2-6-17)26-36(31,32)19-9-11-23-21(13-19)25(30)22-14-20(10-12-24(22)35-23)37(33,34)27-16-3-7-18(29)8-4-16/h1-9,11-14,20,25-30H,10H2. The van der Waals surface area contributed by atoms with Crippen molar-refractivity contribution in [3.05, 3.63) is 95.8 Å². The van der Waals surface area contributed by atoms with E-state index in [0.717, 1.165) is 0 Å². The molecular formula is C25H22N2O8S2. The molecule has 0 spiro atoms. The fourth-order valence-electron chi connectivity index (χ4n) is 4.03. The number of fused-ring (bicyclic) bond motifs is 2. The van der Waals surface area contributed by atoms with E-state index in [9.17, 15) is 32.2 Å². The van der Waals surface area contributed by atoms with Crippen molar-refractivity contribution in [1.29, 1.82) is 0 Å². The largest absolute Gasteiger partial charge is 0.508 e. The molecular weight excluding hydrogens is 520 g/mol. The third-order valence-electron chi connectivity index (χ3n) is 5.93. The summed E-state index contributed by atoms with van der Waals surface area (Å²) in [6.07, 6.45) is 1.73. The van der Waals surface area contributed by atoms with Gasteiger partial charge in [-0.1, -0.05) is 6.08 Å². The second kappa shape index (κ2) is 9.14. The maximum Gasteiger partial charge on any atom is 0.261 e. The normalized spacial score (nSPS) is 18.9. The van der Waals surface area contributed by atoms with Gasteiger partial charge in [0.25, 0.3) is 10.0 Å². The molecule has 192 valence electrons. The number of hydrogen-bond donors (Lipinski definition) is 5. The third-order valence-corrected chi connectivity index (χ3v) is 8.96. The van der Waals surface area contributed by atoms with Crippen LogP contribution in [-0.2, 0) is 20.0 Å². The third kappa shape index (κ3) is 4.99. The van der Waals surface area contributed by atoms with Gasteiger partial charge in [0, 0.05) is 22.5 Å². The first-order valence-electron chi connectivity index (χ1n) is 11.1. The van der Waals surface area contributed by atoms with E-state index in [1.807, 2.05) is 0 Å². The van der Waals surface area contributed by atoms with E-state index >= 15 is 0 Å². The lowest BCUT2D eigenvalue weighted by Gasteiger charge is -2.31. The number of hydrogen-bond acceptors (Lipinski definition) is 8. The average molecular weight is 543 g/mol. The van der Waals surface area contributed by atoms with E-state index in [1.165, 1.54) is 72.8 Å². The lowest BCUT2D eigenvalue weighted by Crippen LogP contribution is -2.30. The van der Waals surface area contributed by atoms with Gasteiger partial charge in [-0.25, -0.2) is 16.8 Å². The minimum Gasteiger partial charge on any atom is -0.508 e. The van der Waals surface area contributed by atoms with Gasteiger partial charge < -0.3 is 20.1 Å². The molecule has 10 nitrogen and oxygen atoms in total. The molecule has 0 amide bonds. The van der Waals surface area contributed by atoms with Gasteiger partial charge in [0.2, 0.25) is 10.0 Å². The molecule has 2 unspecified atom stereocenters. The molecule has 3 aromatic carbocycles. The van der Waals surface area contributed by atoms with E-state index < -0.39 is 31.4 Å². The van der Waals surface area contributed by atoms with Gasteiger partial charge in [-0.05, 0) is 79.2 Å². The second-order valence-corrected chi connectivity index (χ2v) is 12.1. The molecule has 1 aliphatic carbocycles. The number of aromatic hydroxyl groups is 2. The minimum atomic E-state index is -4.04. The smallest absolute Gasteiger partial charge is 0.261 e. The zero-order valence-corrected chi connectivity index (χ0v) is 20.7. The van der Waals surface area contributed by atoms with Crippen molar-refractivity contribution in [2.45, 2.75) is 22.7 Å². The van der Waals surface area contributed by atoms with Crippen LogP contribution in [0.25, 0.3) is 0 Å². The van der Waals surface area contributed by atoms with Crippen LogP contribution in [0.5, 0.6) is 17.2 Å². The van der Waals surface area contributed by atoms with E-state index in [0.29, 0.717) is 5.76 Å². The fraction of sp³-hybridized carbons (Fsp3) is 0.120. The highest BCUT2D eigenvalue weighted by Gasteiger charge is 2.35. The maximum atomic E-state index is 13.0. The zero-order chi connectivity index (χ0) is 26.4. The van der Waals surface area contributed by atoms with Gasteiger partial charge in [-0.2, -0.15) is 0 Å². The summed E-state index contributed by atoms with van der Waals surface area (Å²) >= 11 is 0. The number of anilines is 2. The van der Waals surface area contributed by atoms with Crippen LogP contribution in [0.2, 0.25) is 0 Å². The SMILES string of the molecule is O=S(=O)(Nc1ccc(O)cc1)c1ccc2c(c1)C(O)C1=CC(S(=O)(=O)Nc3ccc(O)cc3)CC=C1O2. The Bertz CT molecular complexity index is 1630. The molecule has 0 aromatic heterocycles. The van der Waals surface area contributed by atoms with E-state index in [4.69, 9.17) is 4.74 Å². The van der Waals surface area contributed by atoms with Crippen LogP contribution in [-0.4, -0.2) is 37.4 Å². The van der Waals surface area contributed by atoms with Crippen molar-refractivity contribution >= 4 is 31.4 Å². The molecule has 0 saturated carbocycles. The first kappa shape index (κ1) is 24.7. The number of phenolic OH excluding ortho intramolecular Hbond substituents is 2. The highest BCUT2D eigenvalue weighted by atomic mass is 32.2. The van der Waals surface area contributed by atoms with E-state index in [1.54, 1.807) is 6.08 Å². The Hall–Kier alpha value is -4.00. The van der Waals surface area contributed by atoms with Crippen LogP contribution in [0, 0.1) is 0 Å². The van der Waals surface area contributed by atoms with Crippen molar-refractivity contribution in [3.8, 4) is 17.2 Å². The number of ether oxygens (including phenoxy) is 1. The summed E-state index contributed by atoms with van der Waals surface area (Å²) in [5.41, 5.74) is 0.886. The molecule has 0 bridgehead atoms. The Morgan fingerprint density at radius 2 is 1.41 bits per heavy atom. The summed E-state index contributed by atoms with van der Waals surface area (Å²) in [5, 5.41) is 28.9. The highest BCUT2D eigenvalue weighted by molar-refractivity contribution is 7.93. The first-order chi connectivity index (χ1) is 17.5. The first-order valence-corrected chi connectivity index (χ1v) is 14.1. The number of sulfonamides is 2. The van der Waals surface area contributed by atoms with Crippen LogP contribution in [0.3, 0.4) is 0 Å². The second-order valence-electron chi connectivity index (χ2n) is 8.52. The summed E-state index contributed by atoms with van der Waals surface area (Å²) in [6.45, 7) is 0. The Morgan fingerprint density at radius 1 is 0.811 bits per heavy atom. The number of allylic oxidation sites excluding steroid dienone is 1. The van der Waals surface area contributed by atoms with Crippen molar-refractivity contribution < 1.29 is 36.9 Å². The van der Waals surface area contributed by atoms with Gasteiger partial charge in [0.05, 0.1) is 4.90 Å². The molecule has 2 aliphatic rings. The van der Waals surface area contributed by atoms with Crippen LogP contribution in [0.1, 0.15) is 18.1 Å². The Labute approximate surface area is 213 Å². The maximum absolute atomic E-state index is 13.0. The lowest BCUT2D eigenvalue weighted by molar-refractivity contribution is 0.189. The van der Waals surface area contributed by atoms with Gasteiger partial charge in [-0.3, -0.25) is 9.44 Å². The molecule has 0 radical (unpaired) electrons. The van der Waals surface area contributed by atoms with Crippen LogP contribution in [0.15, 0.2) is 95.1 Å². The lowest BCUT2D eigenvalue weighted by atomic mass is 9.92. The van der Waals surface area contributed by atoms with Crippen LogP contribution in [0.4, 0.5) is 11.4 Å². The predicted octanol–water partition coefficient (Wildman–Crippen LogP) is 3.35. The Kier molecular flexibility index (Phi) is 6.10. The molecule has 1 aliphatic heterocycles. The topological polar surface area (TPSA) is 162 Å². The van der Waals surface area contributed by atoms with Crippen molar-refractivity contribution in [1.82, 2.24) is 0 Å². The predicted molar refractivity (Wildman–Crippen MR) is 136 cm³/mol. The molecule has 0 fully saturated rings. The minimum absolute atomic E-state index is 0.00361. The van der Waals surface area contributed by atoms with E-state index in [-0.39, 0.29) is 51.1 Å². The quantitative estimate of drug-likeness (QED) is 0.296. The van der Waals surface area contributed by atoms with Crippen molar-refractivity contribution in [2.24, 2.45) is 0 Å². The summed E-state index contributed by atoms with van der Waals surface area (Å²) in [6, 6.07) is 15.1. The van der Waals surface area contributed by atoms with Crippen molar-refractivity contribution in [2.75, 3.05) is 9.44 Å². The summed E-state index contributed by atoms with van der Waals surface area (Å²) in [7, 11) is -7.95. The molecule has 2 atom stereocenters. The van der Waals surface area contributed by atoms with Crippen LogP contribution >= 0.6 is 0 Å². The molecule has 3 aromatic rings. The molecule has 12 heteroatoms. The number of aliphatic hydroxyl groups is 1. The summed E-state index contributed by atoms with van der Waals surface area (Å²) in [4.78, 5) is -0.135. The highest BCUT2D eigenvalue weighted by Crippen LogP contribution is 2.43. The van der Waals surface area contributed by atoms with Gasteiger partial charge in [0.15, 0.2) is 0 Å². The summed E-state index contributed by atoms with van der Waals surface area (Å²) < 4.78 is 62.5. The molecule has 5 N–H and O–H groups in total. The molecule has 37 heavy (non-hydrogen) atoms. The van der Waals surface area contributed by atoms with Gasteiger partial charge in [-0.15, -0.1) is 0 Å². The molecule has 0 saturated heterocycles. The molecule has 5 rings (SSSR count). The van der Waals surface area contributed by atoms with Crippen LogP contribution < -0.4 is 14.2 Å². The van der Waals surface area contributed by atoms with Crippen molar-refractivity contribution in [3.63, 3.8) is 0 Å². The van der Waals surface area contributed by atoms with E-state index in [2.05, 4.69) is 9.44 Å².